The number of anilines is 1. The Bertz CT molecular complexity index is 1620. The highest BCUT2D eigenvalue weighted by molar-refractivity contribution is 5.98. The second-order valence-corrected chi connectivity index (χ2v) is 8.90. The van der Waals surface area contributed by atoms with Gasteiger partial charge < -0.3 is 10.6 Å². The number of rotatable bonds is 7. The smallest absolute Gasteiger partial charge is 0.350 e. The zero-order chi connectivity index (χ0) is 26.1. The Hall–Kier alpha value is -4.28. The molecule has 4 rings (SSSR count). The zero-order valence-corrected chi connectivity index (χ0v) is 20.5. The van der Waals surface area contributed by atoms with Crippen molar-refractivity contribution in [2.45, 2.75) is 53.2 Å². The number of halogens is 1. The fourth-order valence-electron chi connectivity index (χ4n) is 3.94. The summed E-state index contributed by atoms with van der Waals surface area (Å²) in [7, 11) is 0. The number of aryl methyl sites for hydroxylation is 2. The van der Waals surface area contributed by atoms with Crippen molar-refractivity contribution >= 4 is 34.2 Å². The van der Waals surface area contributed by atoms with E-state index in [9.17, 15) is 23.6 Å². The third kappa shape index (κ3) is 4.64. The first-order chi connectivity index (χ1) is 17.1. The van der Waals surface area contributed by atoms with Crippen molar-refractivity contribution in [3.63, 3.8) is 0 Å². The van der Waals surface area contributed by atoms with E-state index in [-0.39, 0.29) is 45.4 Å². The molecule has 4 aromatic rings. The third-order valence-electron chi connectivity index (χ3n) is 5.66. The van der Waals surface area contributed by atoms with Crippen LogP contribution >= 0.6 is 0 Å². The highest BCUT2D eigenvalue weighted by Gasteiger charge is 2.20. The fourth-order valence-corrected chi connectivity index (χ4v) is 3.94. The van der Waals surface area contributed by atoms with Gasteiger partial charge in [0.15, 0.2) is 0 Å². The van der Waals surface area contributed by atoms with Crippen molar-refractivity contribution in [3.05, 3.63) is 74.2 Å². The largest absolute Gasteiger partial charge is 0.352 e. The molecule has 0 aliphatic rings. The lowest BCUT2D eigenvalue weighted by Crippen LogP contribution is -2.31. The topological polar surface area (TPSA) is 120 Å². The van der Waals surface area contributed by atoms with Gasteiger partial charge >= 0.3 is 5.69 Å². The van der Waals surface area contributed by atoms with E-state index in [4.69, 9.17) is 0 Å². The Morgan fingerprint density at radius 1 is 1.11 bits per heavy atom. The van der Waals surface area contributed by atoms with Crippen LogP contribution in [0.15, 0.2) is 46.0 Å². The number of nitrogens with zero attached hydrogens (tertiary/aromatic N) is 4. The molecule has 2 aromatic heterocycles. The highest BCUT2D eigenvalue weighted by atomic mass is 19.1. The number of carbonyl (C=O) groups is 2. The van der Waals surface area contributed by atoms with Crippen molar-refractivity contribution in [2.75, 3.05) is 5.32 Å². The predicted molar refractivity (Wildman–Crippen MR) is 134 cm³/mol. The summed E-state index contributed by atoms with van der Waals surface area (Å²) in [6.07, 6.45) is 0.608. The van der Waals surface area contributed by atoms with Gasteiger partial charge in [0.25, 0.3) is 11.5 Å². The summed E-state index contributed by atoms with van der Waals surface area (Å²) in [4.78, 5) is 51.8. The van der Waals surface area contributed by atoms with Gasteiger partial charge in [0, 0.05) is 23.8 Å². The molecule has 10 nitrogen and oxygen atoms in total. The van der Waals surface area contributed by atoms with Gasteiger partial charge in [0.05, 0.1) is 10.9 Å². The maximum absolute atomic E-state index is 13.8. The molecule has 0 saturated carbocycles. The van der Waals surface area contributed by atoms with Crippen LogP contribution in [-0.4, -0.2) is 36.6 Å². The first-order valence-corrected chi connectivity index (χ1v) is 11.6. The van der Waals surface area contributed by atoms with Gasteiger partial charge in [0.1, 0.15) is 12.4 Å². The van der Waals surface area contributed by atoms with E-state index < -0.39 is 24.0 Å². The molecule has 0 fully saturated rings. The van der Waals surface area contributed by atoms with Gasteiger partial charge in [-0.25, -0.2) is 18.3 Å². The maximum atomic E-state index is 13.8. The molecule has 2 amide bonds. The number of carbonyl (C=O) groups excluding carboxylic acids is 2. The van der Waals surface area contributed by atoms with E-state index >= 15 is 0 Å². The Morgan fingerprint density at radius 2 is 1.86 bits per heavy atom. The summed E-state index contributed by atoms with van der Waals surface area (Å²) in [6, 6.07) is 8.70. The lowest BCUT2D eigenvalue weighted by atomic mass is 10.1. The summed E-state index contributed by atoms with van der Waals surface area (Å²) in [5.41, 5.74) is 0.180. The van der Waals surface area contributed by atoms with Crippen molar-refractivity contribution in [2.24, 2.45) is 0 Å². The summed E-state index contributed by atoms with van der Waals surface area (Å²) in [6.45, 7) is 6.99. The minimum Gasteiger partial charge on any atom is -0.350 e. The number of nitrogens with one attached hydrogen (secondary N) is 2. The Balaban J connectivity index is 1.82. The van der Waals surface area contributed by atoms with Crippen LogP contribution in [0.25, 0.3) is 16.7 Å². The molecule has 0 atom stereocenters. The molecule has 11 heteroatoms. The first-order valence-electron chi connectivity index (χ1n) is 11.6. The van der Waals surface area contributed by atoms with Crippen LogP contribution in [0, 0.1) is 12.7 Å². The molecule has 0 radical (unpaired) electrons. The average molecular weight is 495 g/mol. The monoisotopic (exact) mass is 494 g/mol. The van der Waals surface area contributed by atoms with Gasteiger partial charge in [0.2, 0.25) is 11.7 Å². The third-order valence-corrected chi connectivity index (χ3v) is 5.66. The van der Waals surface area contributed by atoms with Crippen LogP contribution in [0.3, 0.4) is 0 Å². The summed E-state index contributed by atoms with van der Waals surface area (Å²) in [5, 5.41) is 9.86. The first kappa shape index (κ1) is 24.8. The molecule has 2 heterocycles. The molecule has 0 aliphatic carbocycles. The lowest BCUT2D eigenvalue weighted by Gasteiger charge is -2.11. The zero-order valence-electron chi connectivity index (χ0n) is 20.5. The Morgan fingerprint density at radius 3 is 2.53 bits per heavy atom. The fraction of sp³-hybridized carbons (Fsp3) is 0.320. The van der Waals surface area contributed by atoms with Crippen molar-refractivity contribution < 1.29 is 14.0 Å². The minimum atomic E-state index is -0.647. The maximum Gasteiger partial charge on any atom is 0.352 e. The van der Waals surface area contributed by atoms with Gasteiger partial charge in [-0.1, -0.05) is 13.0 Å². The number of hydrogen-bond acceptors (Lipinski definition) is 5. The van der Waals surface area contributed by atoms with Gasteiger partial charge in [-0.3, -0.25) is 19.0 Å². The summed E-state index contributed by atoms with van der Waals surface area (Å²) >= 11 is 0. The van der Waals surface area contributed by atoms with Gasteiger partial charge in [-0.2, -0.15) is 0 Å². The highest BCUT2D eigenvalue weighted by Crippen LogP contribution is 2.16. The van der Waals surface area contributed by atoms with Gasteiger partial charge in [-0.05, 0) is 63.1 Å². The predicted octanol–water partition coefficient (Wildman–Crippen LogP) is 2.45. The van der Waals surface area contributed by atoms with Crippen LogP contribution in [0.2, 0.25) is 0 Å². The molecule has 0 aliphatic heterocycles. The standard InChI is InChI=1S/C25H27FN6O4/c1-5-10-30-23(35)18-9-7-16(22(34)27-14(2)3)11-20(18)32-24(30)29-31(25(32)36)13-21(33)28-17-8-6-15(4)19(26)12-17/h6-9,11-12,14H,5,10,13H2,1-4H3,(H,27,34)(H,28,33). The number of hydrogen-bond donors (Lipinski definition) is 2. The Kier molecular flexibility index (Phi) is 6.73. The second kappa shape index (κ2) is 9.76. The minimum absolute atomic E-state index is 0.0648. The molecular weight excluding hydrogens is 467 g/mol. The average Bonchev–Trinajstić information content (AvgIpc) is 3.14. The second-order valence-electron chi connectivity index (χ2n) is 8.90. The van der Waals surface area contributed by atoms with E-state index in [2.05, 4.69) is 15.7 Å². The van der Waals surface area contributed by atoms with Crippen molar-refractivity contribution in [3.8, 4) is 0 Å². The van der Waals surface area contributed by atoms with Crippen LogP contribution in [0.4, 0.5) is 10.1 Å². The van der Waals surface area contributed by atoms with Crippen LogP contribution in [0.1, 0.15) is 43.1 Å². The molecule has 188 valence electrons. The normalized spacial score (nSPS) is 11.4. The number of aromatic nitrogens is 4. The van der Waals surface area contributed by atoms with Crippen LogP contribution in [0.5, 0.6) is 0 Å². The van der Waals surface area contributed by atoms with Gasteiger partial charge in [-0.15, -0.1) is 5.10 Å². The van der Waals surface area contributed by atoms with E-state index in [1.807, 2.05) is 20.8 Å². The van der Waals surface area contributed by atoms with Crippen molar-refractivity contribution in [1.82, 2.24) is 24.1 Å². The Labute approximate surface area is 205 Å². The lowest BCUT2D eigenvalue weighted by molar-refractivity contribution is -0.117. The molecule has 0 unspecified atom stereocenters. The number of benzene rings is 2. The molecule has 2 N–H and O–H groups in total. The van der Waals surface area contributed by atoms with E-state index in [1.165, 1.54) is 39.3 Å². The van der Waals surface area contributed by atoms with Crippen LogP contribution in [-0.2, 0) is 17.9 Å². The molecule has 0 bridgehead atoms. The molecule has 0 saturated heterocycles. The summed E-state index contributed by atoms with van der Waals surface area (Å²) in [5.74, 6) is -1.34. The quantitative estimate of drug-likeness (QED) is 0.409. The molecule has 2 aromatic carbocycles. The summed E-state index contributed by atoms with van der Waals surface area (Å²) < 4.78 is 17.4. The molecular formula is C25H27FN6O4. The number of fused-ring (bicyclic) bond motifs is 3. The number of amides is 2. The van der Waals surface area contributed by atoms with Crippen molar-refractivity contribution in [1.29, 1.82) is 0 Å². The molecule has 0 spiro atoms. The van der Waals surface area contributed by atoms with E-state index in [0.29, 0.717) is 18.5 Å². The molecule has 36 heavy (non-hydrogen) atoms. The van der Waals surface area contributed by atoms with E-state index in [0.717, 1.165) is 4.68 Å². The van der Waals surface area contributed by atoms with Crippen LogP contribution < -0.4 is 21.9 Å². The SMILES string of the molecule is CCCn1c(=O)c2ccc(C(=O)NC(C)C)cc2n2c(=O)n(CC(=O)Nc3ccc(C)c(F)c3)nc12. The van der Waals surface area contributed by atoms with E-state index in [1.54, 1.807) is 13.0 Å².